The van der Waals surface area contributed by atoms with Gasteiger partial charge in [0.05, 0.1) is 0 Å². The van der Waals surface area contributed by atoms with Crippen molar-refractivity contribution < 1.29 is 9.53 Å². The molecule has 0 aromatic heterocycles. The predicted molar refractivity (Wildman–Crippen MR) is 42.0 cm³/mol. The highest BCUT2D eigenvalue weighted by Gasteiger charge is 2.29. The van der Waals surface area contributed by atoms with Crippen molar-refractivity contribution in [2.45, 2.75) is 26.4 Å². The van der Waals surface area contributed by atoms with Gasteiger partial charge in [-0.15, -0.1) is 0 Å². The van der Waals surface area contributed by atoms with E-state index < -0.39 is 0 Å². The van der Waals surface area contributed by atoms with Gasteiger partial charge in [0, 0.05) is 7.05 Å². The Balaban J connectivity index is 2.42. The zero-order valence-corrected chi connectivity index (χ0v) is 7.33. The average molecular weight is 157 g/mol. The lowest BCUT2D eigenvalue weighted by molar-refractivity contribution is -0.129. The molecule has 0 bridgehead atoms. The lowest BCUT2D eigenvalue weighted by Crippen LogP contribution is -2.26. The molecule has 3 heteroatoms. The maximum atomic E-state index is 11.2. The molecule has 0 spiro atoms. The third-order valence-corrected chi connectivity index (χ3v) is 1.81. The van der Waals surface area contributed by atoms with Crippen molar-refractivity contribution in [3.63, 3.8) is 0 Å². The Morgan fingerprint density at radius 3 is 2.73 bits per heavy atom. The normalized spacial score (nSPS) is 25.3. The molecular weight excluding hydrogens is 142 g/mol. The largest absolute Gasteiger partial charge is 0.348 e. The van der Waals surface area contributed by atoms with Crippen LogP contribution in [0.5, 0.6) is 0 Å². The third-order valence-electron chi connectivity index (χ3n) is 1.81. The van der Waals surface area contributed by atoms with E-state index in [0.717, 1.165) is 6.42 Å². The van der Waals surface area contributed by atoms with E-state index in [1.165, 1.54) is 0 Å². The molecule has 1 heterocycles. The quantitative estimate of drug-likeness (QED) is 0.594. The first-order valence-corrected chi connectivity index (χ1v) is 3.98. The van der Waals surface area contributed by atoms with Crippen molar-refractivity contribution in [3.8, 4) is 0 Å². The Kier molecular flexibility index (Phi) is 2.49. The molecule has 1 saturated heterocycles. The Hall–Kier alpha value is -0.570. The Labute approximate surface area is 67.3 Å². The number of nitrogens with zero attached hydrogens (tertiary/aromatic N) is 1. The summed E-state index contributed by atoms with van der Waals surface area (Å²) < 4.78 is 5.26. The van der Waals surface area contributed by atoms with Gasteiger partial charge in [-0.25, -0.2) is 0 Å². The van der Waals surface area contributed by atoms with Crippen molar-refractivity contribution in [1.29, 1.82) is 0 Å². The van der Waals surface area contributed by atoms with Gasteiger partial charge in [0.1, 0.15) is 12.8 Å². The Bertz CT molecular complexity index is 156. The summed E-state index contributed by atoms with van der Waals surface area (Å²) in [6, 6.07) is 0. The monoisotopic (exact) mass is 157 g/mol. The zero-order chi connectivity index (χ0) is 8.43. The maximum absolute atomic E-state index is 11.2. The fraction of sp³-hybridized carbons (Fsp3) is 0.875. The minimum Gasteiger partial charge on any atom is -0.348 e. The molecule has 0 aromatic carbocycles. The van der Waals surface area contributed by atoms with Gasteiger partial charge in [0.25, 0.3) is 5.91 Å². The minimum atomic E-state index is -0.181. The van der Waals surface area contributed by atoms with Crippen molar-refractivity contribution in [1.82, 2.24) is 4.90 Å². The van der Waals surface area contributed by atoms with Crippen LogP contribution in [0.4, 0.5) is 0 Å². The number of amides is 1. The molecule has 0 N–H and O–H groups in total. The van der Waals surface area contributed by atoms with E-state index in [-0.39, 0.29) is 12.0 Å². The standard InChI is InChI=1S/C8H15NO2/c1-6(2)4-7-8(10)9(3)5-11-7/h6-7H,4-5H2,1-3H3. The van der Waals surface area contributed by atoms with Crippen LogP contribution in [0.1, 0.15) is 20.3 Å². The van der Waals surface area contributed by atoms with E-state index in [2.05, 4.69) is 13.8 Å². The highest BCUT2D eigenvalue weighted by Crippen LogP contribution is 2.15. The molecule has 1 atom stereocenters. The van der Waals surface area contributed by atoms with Crippen LogP contribution in [0.2, 0.25) is 0 Å². The number of rotatable bonds is 2. The Morgan fingerprint density at radius 1 is 1.73 bits per heavy atom. The van der Waals surface area contributed by atoms with Crippen LogP contribution in [0, 0.1) is 5.92 Å². The molecule has 1 aliphatic rings. The van der Waals surface area contributed by atoms with Gasteiger partial charge < -0.3 is 9.64 Å². The predicted octanol–water partition coefficient (Wildman–Crippen LogP) is 0.847. The number of likely N-dealkylation sites (N-methyl/N-ethyl adjacent to an activating group) is 1. The van der Waals surface area contributed by atoms with Crippen LogP contribution >= 0.6 is 0 Å². The number of carbonyl (C=O) groups is 1. The topological polar surface area (TPSA) is 29.5 Å². The zero-order valence-electron chi connectivity index (χ0n) is 7.33. The second-order valence-electron chi connectivity index (χ2n) is 3.45. The summed E-state index contributed by atoms with van der Waals surface area (Å²) in [5.74, 6) is 0.647. The van der Waals surface area contributed by atoms with E-state index >= 15 is 0 Å². The minimum absolute atomic E-state index is 0.124. The summed E-state index contributed by atoms with van der Waals surface area (Å²) in [6.45, 7) is 4.64. The van der Waals surface area contributed by atoms with Crippen LogP contribution in [0.15, 0.2) is 0 Å². The first-order chi connectivity index (χ1) is 5.11. The first-order valence-electron chi connectivity index (χ1n) is 3.98. The molecular formula is C8H15NO2. The van der Waals surface area contributed by atoms with Gasteiger partial charge in [-0.05, 0) is 12.3 Å². The second kappa shape index (κ2) is 3.22. The number of hydrogen-bond donors (Lipinski definition) is 0. The number of ether oxygens (including phenoxy) is 1. The molecule has 1 rings (SSSR count). The van der Waals surface area contributed by atoms with Crippen molar-refractivity contribution in [3.05, 3.63) is 0 Å². The van der Waals surface area contributed by atoms with E-state index in [1.807, 2.05) is 0 Å². The van der Waals surface area contributed by atoms with E-state index in [1.54, 1.807) is 11.9 Å². The maximum Gasteiger partial charge on any atom is 0.253 e. The van der Waals surface area contributed by atoms with E-state index in [9.17, 15) is 4.79 Å². The summed E-state index contributed by atoms with van der Waals surface area (Å²) in [7, 11) is 1.77. The summed E-state index contributed by atoms with van der Waals surface area (Å²) in [5.41, 5.74) is 0. The molecule has 0 radical (unpaired) electrons. The molecule has 1 fully saturated rings. The van der Waals surface area contributed by atoms with Crippen LogP contribution in [-0.4, -0.2) is 30.7 Å². The van der Waals surface area contributed by atoms with Gasteiger partial charge in [0.2, 0.25) is 0 Å². The van der Waals surface area contributed by atoms with Gasteiger partial charge >= 0.3 is 0 Å². The summed E-state index contributed by atoms with van der Waals surface area (Å²) in [6.07, 6.45) is 0.656. The molecule has 0 aromatic rings. The summed E-state index contributed by atoms with van der Waals surface area (Å²) in [4.78, 5) is 12.9. The molecule has 1 aliphatic heterocycles. The average Bonchev–Trinajstić information content (AvgIpc) is 2.18. The summed E-state index contributed by atoms with van der Waals surface area (Å²) >= 11 is 0. The van der Waals surface area contributed by atoms with Gasteiger partial charge in [0.15, 0.2) is 0 Å². The fourth-order valence-electron chi connectivity index (χ4n) is 1.18. The first kappa shape index (κ1) is 8.53. The highest BCUT2D eigenvalue weighted by molar-refractivity contribution is 5.81. The van der Waals surface area contributed by atoms with Gasteiger partial charge in [-0.3, -0.25) is 4.79 Å². The van der Waals surface area contributed by atoms with Crippen molar-refractivity contribution in [2.75, 3.05) is 13.8 Å². The summed E-state index contributed by atoms with van der Waals surface area (Å²) in [5, 5.41) is 0. The van der Waals surface area contributed by atoms with Crippen LogP contribution in [0.3, 0.4) is 0 Å². The molecule has 11 heavy (non-hydrogen) atoms. The highest BCUT2D eigenvalue weighted by atomic mass is 16.5. The van der Waals surface area contributed by atoms with Crippen LogP contribution in [0.25, 0.3) is 0 Å². The number of carbonyl (C=O) groups excluding carboxylic acids is 1. The van der Waals surface area contributed by atoms with Crippen LogP contribution < -0.4 is 0 Å². The molecule has 0 aliphatic carbocycles. The number of hydrogen-bond acceptors (Lipinski definition) is 2. The second-order valence-corrected chi connectivity index (χ2v) is 3.45. The fourth-order valence-corrected chi connectivity index (χ4v) is 1.18. The van der Waals surface area contributed by atoms with Crippen molar-refractivity contribution in [2.24, 2.45) is 5.92 Å². The third kappa shape index (κ3) is 1.93. The van der Waals surface area contributed by atoms with Gasteiger partial charge in [-0.1, -0.05) is 13.8 Å². The van der Waals surface area contributed by atoms with Crippen LogP contribution in [-0.2, 0) is 9.53 Å². The lowest BCUT2D eigenvalue weighted by Gasteiger charge is -2.09. The molecule has 0 saturated carbocycles. The Morgan fingerprint density at radius 2 is 2.36 bits per heavy atom. The molecule has 1 unspecified atom stereocenters. The molecule has 1 amide bonds. The SMILES string of the molecule is CC(C)CC1OCN(C)C1=O. The smallest absolute Gasteiger partial charge is 0.253 e. The van der Waals surface area contributed by atoms with Crippen molar-refractivity contribution >= 4 is 5.91 Å². The molecule has 64 valence electrons. The van der Waals surface area contributed by atoms with Gasteiger partial charge in [-0.2, -0.15) is 0 Å². The molecule has 3 nitrogen and oxygen atoms in total. The van der Waals surface area contributed by atoms with E-state index in [0.29, 0.717) is 12.6 Å². The van der Waals surface area contributed by atoms with E-state index in [4.69, 9.17) is 4.74 Å². The lowest BCUT2D eigenvalue weighted by atomic mass is 10.1.